The highest BCUT2D eigenvalue weighted by atomic mass is 19.4. The first-order valence-corrected chi connectivity index (χ1v) is 4.66. The number of hydrogen-bond acceptors (Lipinski definition) is 3. The van der Waals surface area contributed by atoms with Crippen molar-refractivity contribution in [1.29, 1.82) is 5.26 Å². The highest BCUT2D eigenvalue weighted by Gasteiger charge is 2.41. The van der Waals surface area contributed by atoms with E-state index < -0.39 is 17.6 Å². The van der Waals surface area contributed by atoms with Crippen molar-refractivity contribution in [3.05, 3.63) is 0 Å². The standard InChI is InChI=1S/C9H13F3N2O/c1-8(2-3-15-6-8)14-5-7(4-13)9(10,11)12/h7,14H,2-3,5-6H2,1H3. The third-order valence-corrected chi connectivity index (χ3v) is 2.50. The van der Waals surface area contributed by atoms with Gasteiger partial charge in [-0.3, -0.25) is 0 Å². The van der Waals surface area contributed by atoms with E-state index >= 15 is 0 Å². The summed E-state index contributed by atoms with van der Waals surface area (Å²) >= 11 is 0. The molecule has 3 nitrogen and oxygen atoms in total. The molecule has 1 N–H and O–H groups in total. The predicted octanol–water partition coefficient (Wildman–Crippen LogP) is 1.46. The van der Waals surface area contributed by atoms with Gasteiger partial charge in [-0.2, -0.15) is 18.4 Å². The second-order valence-corrected chi connectivity index (χ2v) is 3.97. The third-order valence-electron chi connectivity index (χ3n) is 2.50. The van der Waals surface area contributed by atoms with Crippen LogP contribution in [0.3, 0.4) is 0 Å². The summed E-state index contributed by atoms with van der Waals surface area (Å²) in [5.74, 6) is -1.95. The SMILES string of the molecule is CC1(NCC(C#N)C(F)(F)F)CCOC1. The molecule has 6 heteroatoms. The van der Waals surface area contributed by atoms with Crippen LogP contribution >= 0.6 is 0 Å². The van der Waals surface area contributed by atoms with Gasteiger partial charge in [0.05, 0.1) is 12.7 Å². The zero-order valence-electron chi connectivity index (χ0n) is 8.40. The molecule has 1 fully saturated rings. The minimum atomic E-state index is -4.46. The van der Waals surface area contributed by atoms with Crippen LogP contribution in [0.1, 0.15) is 13.3 Å². The largest absolute Gasteiger partial charge is 0.405 e. The van der Waals surface area contributed by atoms with Gasteiger partial charge in [-0.05, 0) is 13.3 Å². The first kappa shape index (κ1) is 12.3. The maximum atomic E-state index is 12.2. The van der Waals surface area contributed by atoms with E-state index in [1.807, 2.05) is 0 Å². The van der Waals surface area contributed by atoms with E-state index in [0.29, 0.717) is 19.6 Å². The van der Waals surface area contributed by atoms with Crippen LogP contribution in [0.25, 0.3) is 0 Å². The minimum absolute atomic E-state index is 0.375. The number of hydrogen-bond donors (Lipinski definition) is 1. The monoisotopic (exact) mass is 222 g/mol. The summed E-state index contributed by atoms with van der Waals surface area (Å²) in [4.78, 5) is 0. The molecule has 86 valence electrons. The van der Waals surface area contributed by atoms with Crippen molar-refractivity contribution in [2.75, 3.05) is 19.8 Å². The predicted molar refractivity (Wildman–Crippen MR) is 47.0 cm³/mol. The van der Waals surface area contributed by atoms with Gasteiger partial charge in [0.1, 0.15) is 0 Å². The number of nitrogens with one attached hydrogen (secondary N) is 1. The molecule has 0 spiro atoms. The summed E-state index contributed by atoms with van der Waals surface area (Å²) < 4.78 is 41.8. The molecular weight excluding hydrogens is 209 g/mol. The average Bonchev–Trinajstić information content (AvgIpc) is 2.51. The lowest BCUT2D eigenvalue weighted by Crippen LogP contribution is -2.47. The fraction of sp³-hybridized carbons (Fsp3) is 0.889. The van der Waals surface area contributed by atoms with Gasteiger partial charge >= 0.3 is 6.18 Å². The fourth-order valence-corrected chi connectivity index (χ4v) is 1.39. The lowest BCUT2D eigenvalue weighted by atomic mass is 10.0. The summed E-state index contributed by atoms with van der Waals surface area (Å²) in [5.41, 5.74) is -0.430. The Morgan fingerprint density at radius 3 is 2.67 bits per heavy atom. The van der Waals surface area contributed by atoms with E-state index in [4.69, 9.17) is 10.00 Å². The third kappa shape index (κ3) is 3.36. The molecule has 1 aliphatic heterocycles. The van der Waals surface area contributed by atoms with Crippen molar-refractivity contribution in [3.63, 3.8) is 0 Å². The Hall–Kier alpha value is -0.800. The lowest BCUT2D eigenvalue weighted by molar-refractivity contribution is -0.158. The van der Waals surface area contributed by atoms with Crippen molar-refractivity contribution in [3.8, 4) is 6.07 Å². The second-order valence-electron chi connectivity index (χ2n) is 3.97. The van der Waals surface area contributed by atoms with Gasteiger partial charge in [0.25, 0.3) is 0 Å². The minimum Gasteiger partial charge on any atom is -0.379 e. The zero-order chi connectivity index (χ0) is 11.5. The number of rotatable bonds is 3. The number of ether oxygens (including phenoxy) is 1. The maximum absolute atomic E-state index is 12.2. The summed E-state index contributed by atoms with van der Waals surface area (Å²) in [6.07, 6.45) is -3.79. The van der Waals surface area contributed by atoms with Gasteiger partial charge in [-0.1, -0.05) is 0 Å². The normalized spacial score (nSPS) is 28.7. The number of halogens is 3. The number of nitrogens with zero attached hydrogens (tertiary/aromatic N) is 1. The van der Waals surface area contributed by atoms with Gasteiger partial charge in [-0.25, -0.2) is 0 Å². The van der Waals surface area contributed by atoms with Crippen LogP contribution in [-0.2, 0) is 4.74 Å². The van der Waals surface area contributed by atoms with Crippen LogP contribution in [0.5, 0.6) is 0 Å². The smallest absolute Gasteiger partial charge is 0.379 e. The summed E-state index contributed by atoms with van der Waals surface area (Å²) in [6, 6.07) is 1.25. The Labute approximate surface area is 86.2 Å². The first-order valence-electron chi connectivity index (χ1n) is 4.66. The summed E-state index contributed by atoms with van der Waals surface area (Å²) in [6.45, 7) is 2.36. The van der Waals surface area contributed by atoms with Crippen LogP contribution in [0.2, 0.25) is 0 Å². The van der Waals surface area contributed by atoms with E-state index in [1.165, 1.54) is 6.07 Å². The molecule has 1 rings (SSSR count). The van der Waals surface area contributed by atoms with Crippen molar-refractivity contribution >= 4 is 0 Å². The van der Waals surface area contributed by atoms with E-state index in [1.54, 1.807) is 6.92 Å². The van der Waals surface area contributed by atoms with Gasteiger partial charge in [0.2, 0.25) is 0 Å². The Morgan fingerprint density at radius 1 is 1.60 bits per heavy atom. The van der Waals surface area contributed by atoms with E-state index in [-0.39, 0.29) is 6.54 Å². The number of nitriles is 1. The molecule has 0 aromatic heterocycles. The Bertz CT molecular complexity index is 253. The Morgan fingerprint density at radius 2 is 2.27 bits per heavy atom. The molecule has 2 atom stereocenters. The average molecular weight is 222 g/mol. The van der Waals surface area contributed by atoms with Crippen LogP contribution in [0.15, 0.2) is 0 Å². The molecule has 2 unspecified atom stereocenters. The first-order chi connectivity index (χ1) is 6.87. The van der Waals surface area contributed by atoms with E-state index in [0.717, 1.165) is 0 Å². The molecule has 0 bridgehead atoms. The van der Waals surface area contributed by atoms with Crippen LogP contribution in [-0.4, -0.2) is 31.5 Å². The lowest BCUT2D eigenvalue weighted by Gasteiger charge is -2.25. The molecule has 0 radical (unpaired) electrons. The van der Waals surface area contributed by atoms with Gasteiger partial charge in [0.15, 0.2) is 5.92 Å². The quantitative estimate of drug-likeness (QED) is 0.786. The molecule has 0 aromatic rings. The maximum Gasteiger partial charge on any atom is 0.405 e. The van der Waals surface area contributed by atoms with Gasteiger partial charge < -0.3 is 10.1 Å². The zero-order valence-corrected chi connectivity index (χ0v) is 8.40. The molecule has 15 heavy (non-hydrogen) atoms. The summed E-state index contributed by atoms with van der Waals surface area (Å²) in [7, 11) is 0. The fourth-order valence-electron chi connectivity index (χ4n) is 1.39. The molecule has 1 heterocycles. The second kappa shape index (κ2) is 4.37. The van der Waals surface area contributed by atoms with E-state index in [9.17, 15) is 13.2 Å². The molecule has 0 saturated carbocycles. The molecule has 0 amide bonds. The van der Waals surface area contributed by atoms with E-state index in [2.05, 4.69) is 5.32 Å². The van der Waals surface area contributed by atoms with Crippen LogP contribution < -0.4 is 5.32 Å². The van der Waals surface area contributed by atoms with Crippen molar-refractivity contribution in [2.24, 2.45) is 5.92 Å². The van der Waals surface area contributed by atoms with Crippen LogP contribution in [0.4, 0.5) is 13.2 Å². The Balaban J connectivity index is 2.45. The van der Waals surface area contributed by atoms with Crippen molar-refractivity contribution in [1.82, 2.24) is 5.32 Å². The molecule has 1 aliphatic rings. The van der Waals surface area contributed by atoms with Crippen molar-refractivity contribution in [2.45, 2.75) is 25.1 Å². The van der Waals surface area contributed by atoms with Crippen molar-refractivity contribution < 1.29 is 17.9 Å². The number of alkyl halides is 3. The molecular formula is C9H13F3N2O. The molecule has 0 aliphatic carbocycles. The summed E-state index contributed by atoms with van der Waals surface area (Å²) in [5, 5.41) is 11.1. The molecule has 1 saturated heterocycles. The Kier molecular flexibility index (Phi) is 3.58. The van der Waals surface area contributed by atoms with Gasteiger partial charge in [0, 0.05) is 18.7 Å². The van der Waals surface area contributed by atoms with Crippen LogP contribution in [0, 0.1) is 17.2 Å². The molecule has 0 aromatic carbocycles. The topological polar surface area (TPSA) is 45.0 Å². The highest BCUT2D eigenvalue weighted by Crippen LogP contribution is 2.26. The highest BCUT2D eigenvalue weighted by molar-refractivity contribution is 4.94. The van der Waals surface area contributed by atoms with Gasteiger partial charge in [-0.15, -0.1) is 0 Å².